The highest BCUT2D eigenvalue weighted by molar-refractivity contribution is 7.89. The zero-order valence-electron chi connectivity index (χ0n) is 11.5. The van der Waals surface area contributed by atoms with Crippen molar-refractivity contribution in [3.63, 3.8) is 0 Å². The number of carbonyl (C=O) groups is 1. The smallest absolute Gasteiger partial charge is 0.304 e. The molecule has 1 rings (SSSR count). The lowest BCUT2D eigenvalue weighted by Gasteiger charge is -2.20. The molecule has 0 amide bonds. The van der Waals surface area contributed by atoms with Crippen LogP contribution in [0.4, 0.5) is 5.69 Å². The topological polar surface area (TPSA) is 127 Å². The third-order valence-electron chi connectivity index (χ3n) is 2.86. The van der Waals surface area contributed by atoms with Crippen LogP contribution in [0.25, 0.3) is 0 Å². The van der Waals surface area contributed by atoms with Crippen molar-refractivity contribution in [1.82, 2.24) is 4.72 Å². The third-order valence-corrected chi connectivity index (χ3v) is 4.37. The average Bonchev–Trinajstić information content (AvgIpc) is 2.37. The number of hydrogen-bond donors (Lipinski definition) is 2. The van der Waals surface area contributed by atoms with Crippen molar-refractivity contribution in [3.8, 4) is 0 Å². The minimum atomic E-state index is -3.93. The fraction of sp³-hybridized carbons (Fsp3) is 0.417. The van der Waals surface area contributed by atoms with Gasteiger partial charge in [0.05, 0.1) is 16.2 Å². The van der Waals surface area contributed by atoms with Crippen LogP contribution in [0.5, 0.6) is 0 Å². The van der Waals surface area contributed by atoms with Gasteiger partial charge in [0.15, 0.2) is 0 Å². The minimum absolute atomic E-state index is 0.149. The van der Waals surface area contributed by atoms with E-state index in [1.54, 1.807) is 13.8 Å². The fourth-order valence-electron chi connectivity index (χ4n) is 1.62. The van der Waals surface area contributed by atoms with E-state index in [0.717, 1.165) is 24.3 Å². The van der Waals surface area contributed by atoms with Crippen LogP contribution in [0.3, 0.4) is 0 Å². The van der Waals surface area contributed by atoms with Gasteiger partial charge in [-0.2, -0.15) is 0 Å². The summed E-state index contributed by atoms with van der Waals surface area (Å²) >= 11 is 0. The van der Waals surface area contributed by atoms with E-state index in [2.05, 4.69) is 4.72 Å². The highest BCUT2D eigenvalue weighted by Gasteiger charge is 2.24. The van der Waals surface area contributed by atoms with Crippen molar-refractivity contribution >= 4 is 21.7 Å². The molecular weight excluding hydrogens is 300 g/mol. The van der Waals surface area contributed by atoms with Crippen LogP contribution in [0, 0.1) is 16.0 Å². The summed E-state index contributed by atoms with van der Waals surface area (Å²) in [5.74, 6) is -1.32. The average molecular weight is 316 g/mol. The van der Waals surface area contributed by atoms with Gasteiger partial charge in [-0.1, -0.05) is 13.8 Å². The summed E-state index contributed by atoms with van der Waals surface area (Å²) in [7, 11) is -3.93. The number of benzene rings is 1. The van der Waals surface area contributed by atoms with Crippen LogP contribution < -0.4 is 4.72 Å². The summed E-state index contributed by atoms with van der Waals surface area (Å²) in [4.78, 5) is 20.5. The molecule has 1 aromatic rings. The van der Waals surface area contributed by atoms with Gasteiger partial charge in [0.1, 0.15) is 0 Å². The second kappa shape index (κ2) is 6.64. The number of non-ortho nitro benzene ring substituents is 1. The van der Waals surface area contributed by atoms with E-state index >= 15 is 0 Å². The van der Waals surface area contributed by atoms with Crippen molar-refractivity contribution in [2.24, 2.45) is 5.92 Å². The number of nitrogens with one attached hydrogen (secondary N) is 1. The molecule has 21 heavy (non-hydrogen) atoms. The van der Waals surface area contributed by atoms with Crippen molar-refractivity contribution in [2.75, 3.05) is 0 Å². The normalized spacial score (nSPS) is 13.1. The van der Waals surface area contributed by atoms with Crippen LogP contribution in [0.2, 0.25) is 0 Å². The number of nitro benzene ring substituents is 1. The first-order valence-corrected chi connectivity index (χ1v) is 7.60. The number of nitrogens with zero attached hydrogens (tertiary/aromatic N) is 1. The molecule has 0 heterocycles. The molecule has 0 aromatic heterocycles. The molecule has 8 nitrogen and oxygen atoms in total. The first-order chi connectivity index (χ1) is 9.63. The Morgan fingerprint density at radius 2 is 1.86 bits per heavy atom. The summed E-state index contributed by atoms with van der Waals surface area (Å²) < 4.78 is 26.6. The zero-order valence-corrected chi connectivity index (χ0v) is 12.3. The van der Waals surface area contributed by atoms with Crippen LogP contribution >= 0.6 is 0 Å². The summed E-state index contributed by atoms with van der Waals surface area (Å²) in [6.07, 6.45) is -0.343. The van der Waals surface area contributed by atoms with E-state index in [0.29, 0.717) is 0 Å². The Morgan fingerprint density at radius 1 is 1.33 bits per heavy atom. The number of rotatable bonds is 7. The van der Waals surface area contributed by atoms with Crippen molar-refractivity contribution < 1.29 is 23.2 Å². The van der Waals surface area contributed by atoms with Gasteiger partial charge >= 0.3 is 5.97 Å². The molecule has 1 aromatic carbocycles. The second-order valence-corrected chi connectivity index (χ2v) is 6.53. The molecular formula is C12H16N2O6S. The van der Waals surface area contributed by atoms with Crippen LogP contribution in [0.15, 0.2) is 29.2 Å². The Hall–Kier alpha value is -2.00. The SMILES string of the molecule is CC(C)C(CC(=O)O)NS(=O)(=O)c1ccc([N+](=O)[O-])cc1. The van der Waals surface area contributed by atoms with Gasteiger partial charge in [-0.15, -0.1) is 0 Å². The molecule has 0 radical (unpaired) electrons. The van der Waals surface area contributed by atoms with Crippen LogP contribution in [0.1, 0.15) is 20.3 Å². The maximum absolute atomic E-state index is 12.1. The Kier molecular flexibility index (Phi) is 5.39. The first kappa shape index (κ1) is 17.1. The first-order valence-electron chi connectivity index (χ1n) is 6.12. The van der Waals surface area contributed by atoms with Crippen molar-refractivity contribution in [1.29, 1.82) is 0 Å². The monoisotopic (exact) mass is 316 g/mol. The van der Waals surface area contributed by atoms with Crippen molar-refractivity contribution in [3.05, 3.63) is 34.4 Å². The number of hydrogen-bond acceptors (Lipinski definition) is 5. The maximum atomic E-state index is 12.1. The number of carboxylic acid groups (broad SMARTS) is 1. The molecule has 1 atom stereocenters. The molecule has 0 aliphatic heterocycles. The molecule has 0 aliphatic rings. The van der Waals surface area contributed by atoms with Gasteiger partial charge in [-0.3, -0.25) is 14.9 Å². The lowest BCUT2D eigenvalue weighted by atomic mass is 10.0. The summed E-state index contributed by atoms with van der Waals surface area (Å²) in [6, 6.07) is 3.62. The van der Waals surface area contributed by atoms with Crippen LogP contribution in [-0.2, 0) is 14.8 Å². The van der Waals surface area contributed by atoms with E-state index in [1.807, 2.05) is 0 Å². The largest absolute Gasteiger partial charge is 0.481 e. The summed E-state index contributed by atoms with van der Waals surface area (Å²) in [5, 5.41) is 19.3. The summed E-state index contributed by atoms with van der Waals surface area (Å²) in [5.41, 5.74) is -0.222. The predicted molar refractivity (Wildman–Crippen MR) is 74.3 cm³/mol. The van der Waals surface area contributed by atoms with E-state index in [4.69, 9.17) is 5.11 Å². The van der Waals surface area contributed by atoms with Crippen molar-refractivity contribution in [2.45, 2.75) is 31.2 Å². The van der Waals surface area contributed by atoms with Gasteiger partial charge in [-0.05, 0) is 18.1 Å². The standard InChI is InChI=1S/C12H16N2O6S/c1-8(2)11(7-12(15)16)13-21(19,20)10-5-3-9(4-6-10)14(17)18/h3-6,8,11,13H,7H2,1-2H3,(H,15,16). The maximum Gasteiger partial charge on any atom is 0.304 e. The molecule has 0 fully saturated rings. The quantitative estimate of drug-likeness (QED) is 0.578. The lowest BCUT2D eigenvalue weighted by Crippen LogP contribution is -2.40. The molecule has 9 heteroatoms. The molecule has 0 saturated carbocycles. The van der Waals surface area contributed by atoms with Gasteiger partial charge in [-0.25, -0.2) is 13.1 Å². The number of sulfonamides is 1. The zero-order chi connectivity index (χ0) is 16.2. The van der Waals surface area contributed by atoms with Gasteiger partial charge in [0.2, 0.25) is 10.0 Å². The number of carboxylic acids is 1. The van der Waals surface area contributed by atoms with Crippen LogP contribution in [-0.4, -0.2) is 30.5 Å². The highest BCUT2D eigenvalue weighted by Crippen LogP contribution is 2.17. The lowest BCUT2D eigenvalue weighted by molar-refractivity contribution is -0.384. The molecule has 1 unspecified atom stereocenters. The Balaban J connectivity index is 2.98. The van der Waals surface area contributed by atoms with E-state index in [-0.39, 0.29) is 22.9 Å². The molecule has 0 saturated heterocycles. The minimum Gasteiger partial charge on any atom is -0.481 e. The highest BCUT2D eigenvalue weighted by atomic mass is 32.2. The molecule has 2 N–H and O–H groups in total. The van der Waals surface area contributed by atoms with Gasteiger partial charge < -0.3 is 5.11 Å². The number of aliphatic carboxylic acids is 1. The Labute approximate surface area is 122 Å². The Bertz CT molecular complexity index is 624. The van der Waals surface area contributed by atoms with E-state index in [1.165, 1.54) is 0 Å². The van der Waals surface area contributed by atoms with E-state index < -0.39 is 27.0 Å². The second-order valence-electron chi connectivity index (χ2n) is 4.82. The Morgan fingerprint density at radius 3 is 2.24 bits per heavy atom. The molecule has 0 spiro atoms. The summed E-state index contributed by atoms with van der Waals surface area (Å²) in [6.45, 7) is 3.40. The molecule has 0 bridgehead atoms. The van der Waals surface area contributed by atoms with Gasteiger partial charge in [0.25, 0.3) is 5.69 Å². The predicted octanol–water partition coefficient (Wildman–Crippen LogP) is 1.37. The fourth-order valence-corrected chi connectivity index (χ4v) is 3.00. The van der Waals surface area contributed by atoms with Gasteiger partial charge in [0, 0.05) is 18.2 Å². The van der Waals surface area contributed by atoms with E-state index in [9.17, 15) is 23.3 Å². The molecule has 0 aliphatic carbocycles. The number of nitro groups is 1. The third kappa shape index (κ3) is 4.80. The molecule has 116 valence electrons.